The third-order valence-corrected chi connectivity index (χ3v) is 2.06. The average molecular weight is 204 g/mol. The van der Waals surface area contributed by atoms with E-state index in [1.807, 2.05) is 0 Å². The van der Waals surface area contributed by atoms with Crippen LogP contribution in [0.15, 0.2) is 24.3 Å². The first kappa shape index (κ1) is 11.0. The standard InChI is InChI=1S/C10H11F3O/c1-7(6-14)8-3-2-4-9(5-8)10(11,12)13/h2-5,7,14H,6H2,1H3/t7-/m1/s1. The molecule has 1 rings (SSSR count). The van der Waals surface area contributed by atoms with E-state index < -0.39 is 11.7 Å². The van der Waals surface area contributed by atoms with Gasteiger partial charge < -0.3 is 5.11 Å². The summed E-state index contributed by atoms with van der Waals surface area (Å²) in [6.45, 7) is 1.52. The Balaban J connectivity index is 3.01. The molecular weight excluding hydrogens is 193 g/mol. The van der Waals surface area contributed by atoms with Crippen LogP contribution in [0.2, 0.25) is 0 Å². The van der Waals surface area contributed by atoms with Crippen molar-refractivity contribution in [2.75, 3.05) is 6.61 Å². The van der Waals surface area contributed by atoms with E-state index in [2.05, 4.69) is 0 Å². The van der Waals surface area contributed by atoms with Gasteiger partial charge in [-0.15, -0.1) is 0 Å². The van der Waals surface area contributed by atoms with E-state index in [1.54, 1.807) is 13.0 Å². The van der Waals surface area contributed by atoms with Crippen molar-refractivity contribution in [3.63, 3.8) is 0 Å². The molecule has 0 aliphatic heterocycles. The minimum atomic E-state index is -4.31. The number of rotatable bonds is 2. The van der Waals surface area contributed by atoms with Crippen molar-refractivity contribution >= 4 is 0 Å². The van der Waals surface area contributed by atoms with Crippen LogP contribution < -0.4 is 0 Å². The average Bonchev–Trinajstić information content (AvgIpc) is 2.15. The molecule has 0 radical (unpaired) electrons. The van der Waals surface area contributed by atoms with Gasteiger partial charge in [0.15, 0.2) is 0 Å². The quantitative estimate of drug-likeness (QED) is 0.785. The molecule has 0 saturated carbocycles. The molecular formula is C10H11F3O. The maximum Gasteiger partial charge on any atom is 0.416 e. The van der Waals surface area contributed by atoms with Gasteiger partial charge in [-0.05, 0) is 11.6 Å². The Bertz CT molecular complexity index is 306. The smallest absolute Gasteiger partial charge is 0.396 e. The van der Waals surface area contributed by atoms with Crippen molar-refractivity contribution in [1.29, 1.82) is 0 Å². The molecule has 0 unspecified atom stereocenters. The summed E-state index contributed by atoms with van der Waals surface area (Å²) >= 11 is 0. The van der Waals surface area contributed by atoms with Crippen molar-refractivity contribution in [1.82, 2.24) is 0 Å². The lowest BCUT2D eigenvalue weighted by atomic mass is 10.00. The number of alkyl halides is 3. The second-order valence-corrected chi connectivity index (χ2v) is 3.21. The summed E-state index contributed by atoms with van der Waals surface area (Å²) in [4.78, 5) is 0. The predicted molar refractivity (Wildman–Crippen MR) is 46.9 cm³/mol. The summed E-state index contributed by atoms with van der Waals surface area (Å²) in [5, 5.41) is 8.80. The highest BCUT2D eigenvalue weighted by Gasteiger charge is 2.30. The first-order valence-corrected chi connectivity index (χ1v) is 4.23. The molecule has 78 valence electrons. The van der Waals surface area contributed by atoms with Crippen molar-refractivity contribution in [3.05, 3.63) is 35.4 Å². The van der Waals surface area contributed by atoms with E-state index in [4.69, 9.17) is 5.11 Å². The first-order valence-electron chi connectivity index (χ1n) is 4.23. The fourth-order valence-electron chi connectivity index (χ4n) is 1.13. The lowest BCUT2D eigenvalue weighted by Crippen LogP contribution is -2.07. The van der Waals surface area contributed by atoms with Gasteiger partial charge in [-0.2, -0.15) is 13.2 Å². The highest BCUT2D eigenvalue weighted by Crippen LogP contribution is 2.30. The Labute approximate surface area is 80.2 Å². The zero-order valence-electron chi connectivity index (χ0n) is 7.67. The third kappa shape index (κ3) is 2.48. The number of aliphatic hydroxyl groups is 1. The predicted octanol–water partition coefficient (Wildman–Crippen LogP) is 2.80. The van der Waals surface area contributed by atoms with Crippen LogP contribution in [0.25, 0.3) is 0 Å². The molecule has 0 bridgehead atoms. The van der Waals surface area contributed by atoms with Crippen LogP contribution in [0.4, 0.5) is 13.2 Å². The molecule has 0 saturated heterocycles. The Morgan fingerprint density at radius 3 is 2.50 bits per heavy atom. The summed E-state index contributed by atoms with van der Waals surface area (Å²) in [7, 11) is 0. The van der Waals surface area contributed by atoms with E-state index in [0.29, 0.717) is 5.56 Å². The van der Waals surface area contributed by atoms with Gasteiger partial charge in [0.05, 0.1) is 5.56 Å². The topological polar surface area (TPSA) is 20.2 Å². The van der Waals surface area contributed by atoms with Gasteiger partial charge in [-0.3, -0.25) is 0 Å². The van der Waals surface area contributed by atoms with Crippen LogP contribution >= 0.6 is 0 Å². The van der Waals surface area contributed by atoms with Gasteiger partial charge in [0.25, 0.3) is 0 Å². The maximum absolute atomic E-state index is 12.3. The highest BCUT2D eigenvalue weighted by molar-refractivity contribution is 5.27. The van der Waals surface area contributed by atoms with Crippen LogP contribution in [-0.2, 0) is 6.18 Å². The number of benzene rings is 1. The molecule has 1 nitrogen and oxygen atoms in total. The molecule has 1 aromatic carbocycles. The van der Waals surface area contributed by atoms with E-state index >= 15 is 0 Å². The van der Waals surface area contributed by atoms with Gasteiger partial charge in [-0.25, -0.2) is 0 Å². The molecule has 14 heavy (non-hydrogen) atoms. The zero-order valence-corrected chi connectivity index (χ0v) is 7.67. The van der Waals surface area contributed by atoms with Crippen LogP contribution in [0, 0.1) is 0 Å². The molecule has 0 spiro atoms. The summed E-state index contributed by atoms with van der Waals surface area (Å²) in [6, 6.07) is 5.02. The lowest BCUT2D eigenvalue weighted by Gasteiger charge is -2.11. The van der Waals surface area contributed by atoms with Crippen molar-refractivity contribution in [2.24, 2.45) is 0 Å². The summed E-state index contributed by atoms with van der Waals surface area (Å²) in [6.07, 6.45) is -4.31. The van der Waals surface area contributed by atoms with E-state index in [9.17, 15) is 13.2 Å². The third-order valence-electron chi connectivity index (χ3n) is 2.06. The van der Waals surface area contributed by atoms with Crippen molar-refractivity contribution < 1.29 is 18.3 Å². The molecule has 0 aliphatic carbocycles. The van der Waals surface area contributed by atoms with Gasteiger partial charge in [0, 0.05) is 12.5 Å². The molecule has 1 aromatic rings. The maximum atomic E-state index is 12.3. The Morgan fingerprint density at radius 1 is 1.36 bits per heavy atom. The normalized spacial score (nSPS) is 14.1. The summed E-state index contributed by atoms with van der Waals surface area (Å²) < 4.78 is 36.8. The monoisotopic (exact) mass is 204 g/mol. The molecule has 0 heterocycles. The number of halogens is 3. The fraction of sp³-hybridized carbons (Fsp3) is 0.400. The number of aliphatic hydroxyl groups excluding tert-OH is 1. The number of hydrogen-bond acceptors (Lipinski definition) is 1. The zero-order chi connectivity index (χ0) is 10.8. The Morgan fingerprint density at radius 2 is 2.00 bits per heavy atom. The molecule has 4 heteroatoms. The second kappa shape index (κ2) is 4.00. The SMILES string of the molecule is C[C@H](CO)c1cccc(C(F)(F)F)c1. The highest BCUT2D eigenvalue weighted by atomic mass is 19.4. The number of hydrogen-bond donors (Lipinski definition) is 1. The lowest BCUT2D eigenvalue weighted by molar-refractivity contribution is -0.137. The van der Waals surface area contributed by atoms with Gasteiger partial charge in [-0.1, -0.05) is 25.1 Å². The summed E-state index contributed by atoms with van der Waals surface area (Å²) in [5.74, 6) is -0.266. The van der Waals surface area contributed by atoms with Gasteiger partial charge in [0.2, 0.25) is 0 Å². The minimum Gasteiger partial charge on any atom is -0.396 e. The molecule has 0 amide bonds. The second-order valence-electron chi connectivity index (χ2n) is 3.21. The van der Waals surface area contributed by atoms with Gasteiger partial charge in [0.1, 0.15) is 0 Å². The first-order chi connectivity index (χ1) is 6.45. The van der Waals surface area contributed by atoms with Crippen LogP contribution in [0.1, 0.15) is 24.0 Å². The Kier molecular flexibility index (Phi) is 3.16. The van der Waals surface area contributed by atoms with Crippen LogP contribution in [0.5, 0.6) is 0 Å². The van der Waals surface area contributed by atoms with E-state index in [1.165, 1.54) is 6.07 Å². The van der Waals surface area contributed by atoms with Crippen LogP contribution in [0.3, 0.4) is 0 Å². The van der Waals surface area contributed by atoms with Crippen molar-refractivity contribution in [2.45, 2.75) is 19.0 Å². The van der Waals surface area contributed by atoms with E-state index in [-0.39, 0.29) is 12.5 Å². The van der Waals surface area contributed by atoms with Gasteiger partial charge >= 0.3 is 6.18 Å². The largest absolute Gasteiger partial charge is 0.416 e. The Hall–Kier alpha value is -1.03. The minimum absolute atomic E-state index is 0.151. The molecule has 1 atom stereocenters. The van der Waals surface area contributed by atoms with Crippen LogP contribution in [-0.4, -0.2) is 11.7 Å². The molecule has 0 aliphatic rings. The van der Waals surface area contributed by atoms with E-state index in [0.717, 1.165) is 12.1 Å². The van der Waals surface area contributed by atoms with Crippen molar-refractivity contribution in [3.8, 4) is 0 Å². The molecule has 1 N–H and O–H groups in total. The fourth-order valence-corrected chi connectivity index (χ4v) is 1.13. The molecule has 0 fully saturated rings. The summed E-state index contributed by atoms with van der Waals surface area (Å²) in [5.41, 5.74) is -0.169. The molecule has 0 aromatic heterocycles.